The lowest BCUT2D eigenvalue weighted by Crippen LogP contribution is -2.28. The number of halogens is 1. The highest BCUT2D eigenvalue weighted by atomic mass is 79.9. The molecule has 2 aromatic rings. The van der Waals surface area contributed by atoms with Crippen molar-refractivity contribution in [2.75, 3.05) is 13.1 Å². The van der Waals surface area contributed by atoms with Crippen molar-refractivity contribution in [1.29, 1.82) is 0 Å². The third-order valence-corrected chi connectivity index (χ3v) is 4.06. The van der Waals surface area contributed by atoms with E-state index in [1.54, 1.807) is 6.26 Å². The van der Waals surface area contributed by atoms with Crippen LogP contribution in [0.1, 0.15) is 25.0 Å². The van der Waals surface area contributed by atoms with Crippen LogP contribution < -0.4 is 5.32 Å². The van der Waals surface area contributed by atoms with E-state index in [9.17, 15) is 0 Å². The van der Waals surface area contributed by atoms with Crippen LogP contribution in [-0.2, 0) is 12.8 Å². The highest BCUT2D eigenvalue weighted by Crippen LogP contribution is 2.17. The summed E-state index contributed by atoms with van der Waals surface area (Å²) in [6.07, 6.45) is 5.76. The molecule has 0 aliphatic heterocycles. The molecule has 3 heteroatoms. The second-order valence-electron chi connectivity index (χ2n) is 6.08. The maximum atomic E-state index is 5.20. The lowest BCUT2D eigenvalue weighted by molar-refractivity contribution is 0.443. The largest absolute Gasteiger partial charge is 0.472 e. The van der Waals surface area contributed by atoms with Gasteiger partial charge in [0.05, 0.1) is 12.5 Å². The van der Waals surface area contributed by atoms with Gasteiger partial charge in [0, 0.05) is 4.47 Å². The number of hydrogen-bond acceptors (Lipinski definition) is 2. The van der Waals surface area contributed by atoms with E-state index >= 15 is 0 Å². The van der Waals surface area contributed by atoms with Gasteiger partial charge in [0.1, 0.15) is 0 Å². The molecule has 114 valence electrons. The van der Waals surface area contributed by atoms with Gasteiger partial charge in [-0.25, -0.2) is 0 Å². The summed E-state index contributed by atoms with van der Waals surface area (Å²) < 4.78 is 6.33. The molecule has 0 aliphatic rings. The molecule has 0 saturated carbocycles. The number of hydrogen-bond donors (Lipinski definition) is 1. The van der Waals surface area contributed by atoms with Crippen LogP contribution in [0, 0.1) is 11.8 Å². The van der Waals surface area contributed by atoms with Crippen LogP contribution in [0.15, 0.2) is 51.7 Å². The van der Waals surface area contributed by atoms with Crippen LogP contribution in [0.3, 0.4) is 0 Å². The van der Waals surface area contributed by atoms with Crippen LogP contribution >= 0.6 is 15.9 Å². The Bertz CT molecular complexity index is 505. The van der Waals surface area contributed by atoms with Gasteiger partial charge in [-0.1, -0.05) is 41.9 Å². The first-order valence-corrected chi connectivity index (χ1v) is 8.39. The summed E-state index contributed by atoms with van der Waals surface area (Å²) in [5.74, 6) is 1.27. The van der Waals surface area contributed by atoms with Gasteiger partial charge in [0.2, 0.25) is 0 Å². The molecule has 1 unspecified atom stereocenters. The lowest BCUT2D eigenvalue weighted by atomic mass is 9.93. The normalized spacial score (nSPS) is 12.8. The third-order valence-electron chi connectivity index (χ3n) is 3.53. The van der Waals surface area contributed by atoms with E-state index in [0.29, 0.717) is 11.8 Å². The van der Waals surface area contributed by atoms with Gasteiger partial charge in [0.15, 0.2) is 0 Å². The highest BCUT2D eigenvalue weighted by molar-refractivity contribution is 9.10. The summed E-state index contributed by atoms with van der Waals surface area (Å²) in [5.41, 5.74) is 2.67. The molecule has 0 spiro atoms. The van der Waals surface area contributed by atoms with E-state index in [-0.39, 0.29) is 0 Å². The van der Waals surface area contributed by atoms with Crippen molar-refractivity contribution in [2.24, 2.45) is 11.8 Å². The number of rotatable bonds is 8. The van der Waals surface area contributed by atoms with Crippen molar-refractivity contribution < 1.29 is 4.42 Å². The Morgan fingerprint density at radius 2 is 1.71 bits per heavy atom. The monoisotopic (exact) mass is 349 g/mol. The van der Waals surface area contributed by atoms with E-state index in [1.807, 2.05) is 6.26 Å². The quantitative estimate of drug-likeness (QED) is 0.747. The fourth-order valence-corrected chi connectivity index (χ4v) is 2.75. The zero-order valence-electron chi connectivity index (χ0n) is 12.8. The maximum Gasteiger partial charge on any atom is 0.0934 e. The lowest BCUT2D eigenvalue weighted by Gasteiger charge is -2.18. The van der Waals surface area contributed by atoms with E-state index < -0.39 is 0 Å². The minimum absolute atomic E-state index is 0.586. The Labute approximate surface area is 136 Å². The molecular weight excluding hydrogens is 326 g/mol. The van der Waals surface area contributed by atoms with Crippen molar-refractivity contribution in [3.63, 3.8) is 0 Å². The molecule has 0 aliphatic carbocycles. The summed E-state index contributed by atoms with van der Waals surface area (Å²) >= 11 is 3.49. The van der Waals surface area contributed by atoms with Crippen LogP contribution in [0.5, 0.6) is 0 Å². The molecule has 2 rings (SSSR count). The SMILES string of the molecule is CC(C)CNCC(Cc1ccc(Br)cc1)Cc1ccoc1. The first-order valence-electron chi connectivity index (χ1n) is 7.59. The van der Waals surface area contributed by atoms with Crippen LogP contribution in [0.2, 0.25) is 0 Å². The Hall–Kier alpha value is -1.06. The second-order valence-corrected chi connectivity index (χ2v) is 7.00. The van der Waals surface area contributed by atoms with E-state index in [0.717, 1.165) is 30.4 Å². The predicted molar refractivity (Wildman–Crippen MR) is 91.5 cm³/mol. The van der Waals surface area contributed by atoms with Crippen molar-refractivity contribution >= 4 is 15.9 Å². The fraction of sp³-hybridized carbons (Fsp3) is 0.444. The van der Waals surface area contributed by atoms with Crippen LogP contribution in [0.4, 0.5) is 0 Å². The van der Waals surface area contributed by atoms with Crippen molar-refractivity contribution in [1.82, 2.24) is 5.32 Å². The van der Waals surface area contributed by atoms with Crippen molar-refractivity contribution in [3.05, 3.63) is 58.5 Å². The van der Waals surface area contributed by atoms with Gasteiger partial charge < -0.3 is 9.73 Å². The van der Waals surface area contributed by atoms with Crippen molar-refractivity contribution in [2.45, 2.75) is 26.7 Å². The van der Waals surface area contributed by atoms with Gasteiger partial charge in [-0.2, -0.15) is 0 Å². The number of furan rings is 1. The summed E-state index contributed by atoms with van der Waals surface area (Å²) in [6.45, 7) is 6.60. The molecule has 0 radical (unpaired) electrons. The molecule has 1 atom stereocenters. The standard InChI is InChI=1S/C18H24BrNO/c1-14(2)11-20-12-17(10-16-7-8-21-13-16)9-15-3-5-18(19)6-4-15/h3-8,13-14,17,20H,9-12H2,1-2H3. The average molecular weight is 350 g/mol. The molecule has 1 heterocycles. The zero-order chi connectivity index (χ0) is 15.1. The zero-order valence-corrected chi connectivity index (χ0v) is 14.4. The Morgan fingerprint density at radius 1 is 1.00 bits per heavy atom. The summed E-state index contributed by atoms with van der Waals surface area (Å²) in [4.78, 5) is 0. The summed E-state index contributed by atoms with van der Waals surface area (Å²) in [6, 6.07) is 10.7. The first-order chi connectivity index (χ1) is 10.1. The Kier molecular flexibility index (Phi) is 6.52. The highest BCUT2D eigenvalue weighted by Gasteiger charge is 2.12. The predicted octanol–water partition coefficient (Wildman–Crippen LogP) is 4.69. The molecular formula is C18H24BrNO. The molecule has 1 aromatic heterocycles. The Balaban J connectivity index is 1.95. The molecule has 0 amide bonds. The molecule has 1 N–H and O–H groups in total. The second kappa shape index (κ2) is 8.40. The van der Waals surface area contributed by atoms with Gasteiger partial charge >= 0.3 is 0 Å². The van der Waals surface area contributed by atoms with Crippen LogP contribution in [-0.4, -0.2) is 13.1 Å². The minimum atomic E-state index is 0.586. The van der Waals surface area contributed by atoms with E-state index in [1.165, 1.54) is 11.1 Å². The van der Waals surface area contributed by atoms with Gasteiger partial charge in [0.25, 0.3) is 0 Å². The number of nitrogens with one attached hydrogen (secondary N) is 1. The Morgan fingerprint density at radius 3 is 2.33 bits per heavy atom. The third kappa shape index (κ3) is 6.06. The molecule has 0 saturated heterocycles. The number of benzene rings is 1. The molecule has 21 heavy (non-hydrogen) atoms. The van der Waals surface area contributed by atoms with E-state index in [4.69, 9.17) is 4.42 Å². The molecule has 0 fully saturated rings. The fourth-order valence-electron chi connectivity index (χ4n) is 2.49. The van der Waals surface area contributed by atoms with Crippen LogP contribution in [0.25, 0.3) is 0 Å². The summed E-state index contributed by atoms with van der Waals surface area (Å²) in [5, 5.41) is 3.59. The maximum absolute atomic E-state index is 5.20. The topological polar surface area (TPSA) is 25.2 Å². The van der Waals surface area contributed by atoms with Gasteiger partial charge in [-0.15, -0.1) is 0 Å². The minimum Gasteiger partial charge on any atom is -0.472 e. The van der Waals surface area contributed by atoms with Crippen molar-refractivity contribution in [3.8, 4) is 0 Å². The van der Waals surface area contributed by atoms with Gasteiger partial charge in [-0.3, -0.25) is 0 Å². The van der Waals surface area contributed by atoms with E-state index in [2.05, 4.69) is 65.4 Å². The first kappa shape index (κ1) is 16.3. The molecule has 0 bridgehead atoms. The van der Waals surface area contributed by atoms with Gasteiger partial charge in [-0.05, 0) is 67.1 Å². The average Bonchev–Trinajstić information content (AvgIpc) is 2.94. The molecule has 1 aromatic carbocycles. The smallest absolute Gasteiger partial charge is 0.0934 e. The molecule has 2 nitrogen and oxygen atoms in total. The summed E-state index contributed by atoms with van der Waals surface area (Å²) in [7, 11) is 0.